The normalized spacial score (nSPS) is 10.9. The van der Waals surface area contributed by atoms with E-state index in [1.165, 1.54) is 6.07 Å². The summed E-state index contributed by atoms with van der Waals surface area (Å²) in [6.07, 6.45) is 1.70. The van der Waals surface area contributed by atoms with Gasteiger partial charge in [0, 0.05) is 24.8 Å². The molecule has 6 nitrogen and oxygen atoms in total. The fourth-order valence-corrected chi connectivity index (χ4v) is 3.30. The monoisotopic (exact) mass is 406 g/mol. The van der Waals surface area contributed by atoms with Gasteiger partial charge in [0.25, 0.3) is 5.91 Å². The quantitative estimate of drug-likeness (QED) is 0.515. The zero-order chi connectivity index (χ0) is 20.5. The van der Waals surface area contributed by atoms with Gasteiger partial charge < -0.3 is 15.3 Å². The highest BCUT2D eigenvalue weighted by Gasteiger charge is 2.15. The molecule has 3 aromatic carbocycles. The predicted molar refractivity (Wildman–Crippen MR) is 116 cm³/mol. The van der Waals surface area contributed by atoms with Crippen molar-refractivity contribution >= 4 is 39.9 Å². The van der Waals surface area contributed by atoms with Crippen molar-refractivity contribution in [2.75, 3.05) is 24.3 Å². The van der Waals surface area contributed by atoms with Crippen LogP contribution in [-0.4, -0.2) is 34.7 Å². The highest BCUT2D eigenvalue weighted by atomic mass is 35.5. The number of imidazole rings is 1. The van der Waals surface area contributed by atoms with Crippen molar-refractivity contribution in [3.8, 4) is 11.4 Å². The predicted octanol–water partition coefficient (Wildman–Crippen LogP) is 4.70. The Bertz CT molecular complexity index is 1220. The first-order valence-corrected chi connectivity index (χ1v) is 9.35. The Hall–Kier alpha value is -3.51. The van der Waals surface area contributed by atoms with Crippen LogP contribution in [0.2, 0.25) is 5.02 Å². The summed E-state index contributed by atoms with van der Waals surface area (Å²) >= 11 is 6.24. The standard InChI is InChI=1S/C22H19ClN4O2/c1-26(2)15-8-10-19-18(12-15)24-13-27(19)20-11-14(23)7-9-17(20)25-22(29)16-5-3-4-6-21(16)28/h3-13,28H,1-2H3,(H,25,29). The van der Waals surface area contributed by atoms with Gasteiger partial charge in [-0.1, -0.05) is 23.7 Å². The third-order valence-corrected chi connectivity index (χ3v) is 4.90. The van der Waals surface area contributed by atoms with Crippen molar-refractivity contribution in [1.82, 2.24) is 9.55 Å². The molecule has 1 heterocycles. The second kappa shape index (κ2) is 7.48. The van der Waals surface area contributed by atoms with Gasteiger partial charge in [-0.3, -0.25) is 9.36 Å². The number of phenols is 1. The Morgan fingerprint density at radius 2 is 1.90 bits per heavy atom. The maximum absolute atomic E-state index is 12.7. The molecule has 7 heteroatoms. The lowest BCUT2D eigenvalue weighted by molar-refractivity contribution is 0.102. The molecule has 4 rings (SSSR count). The number of hydrogen-bond donors (Lipinski definition) is 2. The van der Waals surface area contributed by atoms with E-state index in [-0.39, 0.29) is 11.3 Å². The largest absolute Gasteiger partial charge is 0.507 e. The fraction of sp³-hybridized carbons (Fsp3) is 0.0909. The van der Waals surface area contributed by atoms with Gasteiger partial charge in [0.1, 0.15) is 12.1 Å². The van der Waals surface area contributed by atoms with Gasteiger partial charge in [0.05, 0.1) is 28.0 Å². The van der Waals surface area contributed by atoms with Gasteiger partial charge in [-0.05, 0) is 48.5 Å². The first-order valence-electron chi connectivity index (χ1n) is 8.98. The van der Waals surface area contributed by atoms with Crippen LogP contribution in [-0.2, 0) is 0 Å². The van der Waals surface area contributed by atoms with Crippen LogP contribution in [0.1, 0.15) is 10.4 Å². The molecule has 1 aromatic heterocycles. The minimum absolute atomic E-state index is 0.0789. The summed E-state index contributed by atoms with van der Waals surface area (Å²) in [5.41, 5.74) is 4.19. The number of anilines is 2. The summed E-state index contributed by atoms with van der Waals surface area (Å²) in [4.78, 5) is 19.2. The molecule has 0 unspecified atom stereocenters. The number of nitrogens with zero attached hydrogens (tertiary/aromatic N) is 3. The second-order valence-electron chi connectivity index (χ2n) is 6.81. The van der Waals surface area contributed by atoms with Crippen LogP contribution in [0.3, 0.4) is 0 Å². The molecular formula is C22H19ClN4O2. The van der Waals surface area contributed by atoms with E-state index in [4.69, 9.17) is 11.6 Å². The van der Waals surface area contributed by atoms with Crippen LogP contribution in [0.5, 0.6) is 5.75 Å². The maximum Gasteiger partial charge on any atom is 0.259 e. The molecule has 0 aliphatic heterocycles. The third kappa shape index (κ3) is 3.62. The number of halogens is 1. The maximum atomic E-state index is 12.7. The molecule has 0 spiro atoms. The van der Waals surface area contributed by atoms with E-state index < -0.39 is 5.91 Å². The van der Waals surface area contributed by atoms with Crippen molar-refractivity contribution in [3.05, 3.63) is 77.6 Å². The summed E-state index contributed by atoms with van der Waals surface area (Å²) in [7, 11) is 3.95. The molecule has 29 heavy (non-hydrogen) atoms. The van der Waals surface area contributed by atoms with Crippen molar-refractivity contribution in [3.63, 3.8) is 0 Å². The zero-order valence-corrected chi connectivity index (χ0v) is 16.7. The molecule has 0 bridgehead atoms. The molecule has 2 N–H and O–H groups in total. The number of benzene rings is 3. The molecule has 0 saturated carbocycles. The number of rotatable bonds is 4. The average molecular weight is 407 g/mol. The number of carbonyl (C=O) groups is 1. The summed E-state index contributed by atoms with van der Waals surface area (Å²) in [6, 6.07) is 17.6. The molecule has 0 aliphatic rings. The Balaban J connectivity index is 1.77. The topological polar surface area (TPSA) is 70.4 Å². The number of phenolic OH excluding ortho intramolecular Hbond substituents is 1. The van der Waals surface area contributed by atoms with Crippen LogP contribution in [0, 0.1) is 0 Å². The number of aromatic hydroxyl groups is 1. The molecule has 0 atom stereocenters. The van der Waals surface area contributed by atoms with Gasteiger partial charge in [0.2, 0.25) is 0 Å². The SMILES string of the molecule is CN(C)c1ccc2c(c1)ncn2-c1cc(Cl)ccc1NC(=O)c1ccccc1O. The van der Waals surface area contributed by atoms with Crippen molar-refractivity contribution in [2.24, 2.45) is 0 Å². The number of aromatic nitrogens is 2. The van der Waals surface area contributed by atoms with E-state index in [1.54, 1.807) is 42.7 Å². The van der Waals surface area contributed by atoms with Crippen molar-refractivity contribution < 1.29 is 9.90 Å². The molecule has 0 fully saturated rings. The highest BCUT2D eigenvalue weighted by molar-refractivity contribution is 6.31. The van der Waals surface area contributed by atoms with Gasteiger partial charge >= 0.3 is 0 Å². The van der Waals surface area contributed by atoms with Crippen LogP contribution in [0.25, 0.3) is 16.7 Å². The summed E-state index contributed by atoms with van der Waals surface area (Å²) in [5, 5.41) is 13.4. The Kier molecular flexibility index (Phi) is 4.86. The van der Waals surface area contributed by atoms with Crippen LogP contribution in [0.4, 0.5) is 11.4 Å². The van der Waals surface area contributed by atoms with E-state index in [9.17, 15) is 9.90 Å². The Morgan fingerprint density at radius 3 is 2.66 bits per heavy atom. The lowest BCUT2D eigenvalue weighted by Gasteiger charge is -2.15. The highest BCUT2D eigenvalue weighted by Crippen LogP contribution is 2.30. The number of fused-ring (bicyclic) bond motifs is 1. The minimum atomic E-state index is -0.411. The summed E-state index contributed by atoms with van der Waals surface area (Å²) in [6.45, 7) is 0. The number of carbonyl (C=O) groups excluding carboxylic acids is 1. The molecule has 4 aromatic rings. The molecule has 0 aliphatic carbocycles. The van der Waals surface area contributed by atoms with E-state index in [0.29, 0.717) is 16.4 Å². The van der Waals surface area contributed by atoms with E-state index >= 15 is 0 Å². The van der Waals surface area contributed by atoms with Crippen LogP contribution < -0.4 is 10.2 Å². The number of para-hydroxylation sites is 1. The fourth-order valence-electron chi connectivity index (χ4n) is 3.14. The van der Waals surface area contributed by atoms with Gasteiger partial charge in [-0.2, -0.15) is 0 Å². The molecule has 0 saturated heterocycles. The van der Waals surface area contributed by atoms with Crippen LogP contribution >= 0.6 is 11.6 Å². The van der Waals surface area contributed by atoms with Crippen molar-refractivity contribution in [1.29, 1.82) is 0 Å². The molecular weight excluding hydrogens is 388 g/mol. The smallest absolute Gasteiger partial charge is 0.259 e. The summed E-state index contributed by atoms with van der Waals surface area (Å²) in [5.74, 6) is -0.490. The van der Waals surface area contributed by atoms with Crippen LogP contribution in [0.15, 0.2) is 67.0 Å². The average Bonchev–Trinajstić information content (AvgIpc) is 3.12. The number of nitrogens with one attached hydrogen (secondary N) is 1. The van der Waals surface area contributed by atoms with E-state index in [2.05, 4.69) is 10.3 Å². The molecule has 146 valence electrons. The lowest BCUT2D eigenvalue weighted by atomic mass is 10.1. The van der Waals surface area contributed by atoms with E-state index in [0.717, 1.165) is 16.7 Å². The van der Waals surface area contributed by atoms with Gasteiger partial charge in [-0.25, -0.2) is 4.98 Å². The van der Waals surface area contributed by atoms with Gasteiger partial charge in [-0.15, -0.1) is 0 Å². The number of hydrogen-bond acceptors (Lipinski definition) is 4. The molecule has 1 amide bonds. The Labute approximate surface area is 173 Å². The third-order valence-electron chi connectivity index (χ3n) is 4.66. The Morgan fingerprint density at radius 1 is 1.10 bits per heavy atom. The minimum Gasteiger partial charge on any atom is -0.507 e. The molecule has 0 radical (unpaired) electrons. The first kappa shape index (κ1) is 18.8. The summed E-state index contributed by atoms with van der Waals surface area (Å²) < 4.78 is 1.88. The van der Waals surface area contributed by atoms with E-state index in [1.807, 2.05) is 41.8 Å². The lowest BCUT2D eigenvalue weighted by Crippen LogP contribution is -2.14. The van der Waals surface area contributed by atoms with Gasteiger partial charge in [0.15, 0.2) is 0 Å². The second-order valence-corrected chi connectivity index (χ2v) is 7.25. The zero-order valence-electron chi connectivity index (χ0n) is 15.9. The first-order chi connectivity index (χ1) is 13.9. The number of amides is 1. The van der Waals surface area contributed by atoms with Crippen molar-refractivity contribution in [2.45, 2.75) is 0 Å².